The molecule has 1 atom stereocenters. The van der Waals surface area contributed by atoms with E-state index in [-0.39, 0.29) is 17.5 Å². The molecule has 1 aromatic carbocycles. The number of hydrogen-bond acceptors (Lipinski definition) is 3. The van der Waals surface area contributed by atoms with E-state index in [1.54, 1.807) is 12.1 Å². The molecule has 1 aromatic rings. The Bertz CT molecular complexity index is 425. The molecule has 3 N–H and O–H groups in total. The molecule has 3 nitrogen and oxygen atoms in total. The first-order valence-electron chi connectivity index (χ1n) is 7.25. The predicted molar refractivity (Wildman–Crippen MR) is 77.4 cm³/mol. The number of rotatable bonds is 4. The Labute approximate surface area is 115 Å². The summed E-state index contributed by atoms with van der Waals surface area (Å²) < 4.78 is 0. The highest BCUT2D eigenvalue weighted by Gasteiger charge is 2.27. The number of hydrogen-bond donors (Lipinski definition) is 3. The minimum atomic E-state index is 0.0966. The van der Waals surface area contributed by atoms with Gasteiger partial charge in [-0.15, -0.1) is 0 Å². The number of phenols is 2. The monoisotopic (exact) mass is 263 g/mol. The van der Waals surface area contributed by atoms with E-state index >= 15 is 0 Å². The lowest BCUT2D eigenvalue weighted by molar-refractivity contribution is 0.201. The number of aromatic hydroxyl groups is 2. The molecule has 0 saturated heterocycles. The SMILES string of the molecule is CC(NCC1(C)CCCCC1)c1ccc(O)cc1O. The van der Waals surface area contributed by atoms with Crippen LogP contribution in [-0.4, -0.2) is 16.8 Å². The fourth-order valence-corrected chi connectivity index (χ4v) is 2.99. The highest BCUT2D eigenvalue weighted by atomic mass is 16.3. The molecule has 0 aromatic heterocycles. The molecule has 1 aliphatic carbocycles. The van der Waals surface area contributed by atoms with Gasteiger partial charge in [0.1, 0.15) is 11.5 Å². The minimum absolute atomic E-state index is 0.0966. The molecule has 106 valence electrons. The van der Waals surface area contributed by atoms with Crippen LogP contribution in [0.15, 0.2) is 18.2 Å². The summed E-state index contributed by atoms with van der Waals surface area (Å²) in [4.78, 5) is 0. The van der Waals surface area contributed by atoms with Crippen molar-refractivity contribution in [3.05, 3.63) is 23.8 Å². The molecule has 1 aliphatic rings. The fraction of sp³-hybridized carbons (Fsp3) is 0.625. The van der Waals surface area contributed by atoms with Crippen LogP contribution in [0.5, 0.6) is 11.5 Å². The van der Waals surface area contributed by atoms with Crippen LogP contribution in [0.4, 0.5) is 0 Å². The molecule has 2 rings (SSSR count). The maximum absolute atomic E-state index is 9.86. The van der Waals surface area contributed by atoms with Gasteiger partial charge < -0.3 is 15.5 Å². The molecule has 0 spiro atoms. The zero-order chi connectivity index (χ0) is 13.9. The molecule has 19 heavy (non-hydrogen) atoms. The van der Waals surface area contributed by atoms with Gasteiger partial charge in [0.15, 0.2) is 0 Å². The van der Waals surface area contributed by atoms with Gasteiger partial charge in [0.05, 0.1) is 0 Å². The van der Waals surface area contributed by atoms with Gasteiger partial charge in [0, 0.05) is 24.2 Å². The lowest BCUT2D eigenvalue weighted by atomic mass is 9.75. The van der Waals surface area contributed by atoms with Crippen molar-refractivity contribution in [2.75, 3.05) is 6.54 Å². The van der Waals surface area contributed by atoms with Crippen molar-refractivity contribution in [3.8, 4) is 11.5 Å². The van der Waals surface area contributed by atoms with Crippen LogP contribution in [0.3, 0.4) is 0 Å². The van der Waals surface area contributed by atoms with Crippen LogP contribution in [0.1, 0.15) is 57.6 Å². The normalized spacial score (nSPS) is 20.1. The summed E-state index contributed by atoms with van der Waals surface area (Å²) in [6.45, 7) is 5.38. The van der Waals surface area contributed by atoms with Gasteiger partial charge in [0.25, 0.3) is 0 Å². The Morgan fingerprint density at radius 3 is 2.53 bits per heavy atom. The van der Waals surface area contributed by atoms with Gasteiger partial charge in [-0.05, 0) is 31.2 Å². The van der Waals surface area contributed by atoms with Gasteiger partial charge in [-0.25, -0.2) is 0 Å². The van der Waals surface area contributed by atoms with Gasteiger partial charge in [0.2, 0.25) is 0 Å². The van der Waals surface area contributed by atoms with Crippen LogP contribution >= 0.6 is 0 Å². The van der Waals surface area contributed by atoms with E-state index in [0.717, 1.165) is 12.1 Å². The van der Waals surface area contributed by atoms with Crippen LogP contribution in [0.2, 0.25) is 0 Å². The Kier molecular flexibility index (Phi) is 4.35. The van der Waals surface area contributed by atoms with Gasteiger partial charge >= 0.3 is 0 Å². The number of nitrogens with one attached hydrogen (secondary N) is 1. The van der Waals surface area contributed by atoms with E-state index < -0.39 is 0 Å². The molecule has 0 amide bonds. The van der Waals surface area contributed by atoms with Gasteiger partial charge in [-0.1, -0.05) is 32.3 Å². The van der Waals surface area contributed by atoms with Crippen molar-refractivity contribution in [2.45, 2.75) is 52.0 Å². The van der Waals surface area contributed by atoms with Crippen molar-refractivity contribution in [3.63, 3.8) is 0 Å². The summed E-state index contributed by atoms with van der Waals surface area (Å²) in [6, 6.07) is 4.90. The molecular formula is C16H25NO2. The molecule has 0 radical (unpaired) electrons. The van der Waals surface area contributed by atoms with Gasteiger partial charge in [-0.2, -0.15) is 0 Å². The average Bonchev–Trinajstić information content (AvgIpc) is 2.37. The summed E-state index contributed by atoms with van der Waals surface area (Å²) in [5.41, 5.74) is 1.23. The van der Waals surface area contributed by atoms with Crippen molar-refractivity contribution in [2.24, 2.45) is 5.41 Å². The van der Waals surface area contributed by atoms with Gasteiger partial charge in [-0.3, -0.25) is 0 Å². The topological polar surface area (TPSA) is 52.5 Å². The maximum Gasteiger partial charge on any atom is 0.124 e. The second-order valence-electron chi connectivity index (χ2n) is 6.22. The van der Waals surface area contributed by atoms with E-state index in [0.29, 0.717) is 5.41 Å². The maximum atomic E-state index is 9.86. The Morgan fingerprint density at radius 1 is 1.21 bits per heavy atom. The quantitative estimate of drug-likeness (QED) is 0.776. The van der Waals surface area contributed by atoms with Crippen LogP contribution in [0.25, 0.3) is 0 Å². The van der Waals surface area contributed by atoms with Crippen molar-refractivity contribution >= 4 is 0 Å². The minimum Gasteiger partial charge on any atom is -0.508 e. The molecule has 0 aliphatic heterocycles. The third-order valence-corrected chi connectivity index (χ3v) is 4.38. The first-order valence-corrected chi connectivity index (χ1v) is 7.25. The summed E-state index contributed by atoms with van der Waals surface area (Å²) in [5.74, 6) is 0.265. The van der Waals surface area contributed by atoms with Crippen LogP contribution in [0, 0.1) is 5.41 Å². The summed E-state index contributed by atoms with van der Waals surface area (Å²) in [5, 5.41) is 22.7. The number of phenolic OH excluding ortho intramolecular Hbond substituents is 2. The third kappa shape index (κ3) is 3.63. The average molecular weight is 263 g/mol. The Morgan fingerprint density at radius 2 is 1.89 bits per heavy atom. The summed E-state index contributed by atoms with van der Waals surface area (Å²) >= 11 is 0. The summed E-state index contributed by atoms with van der Waals surface area (Å²) in [6.07, 6.45) is 6.60. The highest BCUT2D eigenvalue weighted by Crippen LogP contribution is 2.36. The van der Waals surface area contributed by atoms with Crippen molar-refractivity contribution in [1.82, 2.24) is 5.32 Å². The standard InChI is InChI=1S/C16H25NO2/c1-12(14-7-6-13(18)10-15(14)19)17-11-16(2)8-4-3-5-9-16/h6-7,10,12,17-19H,3-5,8-9,11H2,1-2H3. The fourth-order valence-electron chi connectivity index (χ4n) is 2.99. The molecular weight excluding hydrogens is 238 g/mol. The summed E-state index contributed by atoms with van der Waals surface area (Å²) in [7, 11) is 0. The van der Waals surface area contributed by atoms with Crippen molar-refractivity contribution < 1.29 is 10.2 Å². The zero-order valence-electron chi connectivity index (χ0n) is 11.9. The second kappa shape index (κ2) is 5.83. The predicted octanol–water partition coefficient (Wildman–Crippen LogP) is 3.72. The molecule has 1 fully saturated rings. The lowest BCUT2D eigenvalue weighted by Gasteiger charge is -2.35. The van der Waals surface area contributed by atoms with E-state index in [9.17, 15) is 10.2 Å². The largest absolute Gasteiger partial charge is 0.508 e. The van der Waals surface area contributed by atoms with Crippen LogP contribution in [-0.2, 0) is 0 Å². The smallest absolute Gasteiger partial charge is 0.124 e. The lowest BCUT2D eigenvalue weighted by Crippen LogP contribution is -2.35. The third-order valence-electron chi connectivity index (χ3n) is 4.38. The molecule has 1 saturated carbocycles. The molecule has 0 bridgehead atoms. The van der Waals surface area contributed by atoms with E-state index in [4.69, 9.17) is 0 Å². The Balaban J connectivity index is 1.95. The van der Waals surface area contributed by atoms with E-state index in [1.807, 2.05) is 0 Å². The highest BCUT2D eigenvalue weighted by molar-refractivity contribution is 5.40. The van der Waals surface area contributed by atoms with E-state index in [2.05, 4.69) is 19.2 Å². The van der Waals surface area contributed by atoms with Crippen LogP contribution < -0.4 is 5.32 Å². The van der Waals surface area contributed by atoms with Crippen molar-refractivity contribution in [1.29, 1.82) is 0 Å². The van der Waals surface area contributed by atoms with E-state index in [1.165, 1.54) is 38.2 Å². The Hall–Kier alpha value is -1.22. The molecule has 1 unspecified atom stereocenters. The first kappa shape index (κ1) is 14.2. The first-order chi connectivity index (χ1) is 9.00. The molecule has 0 heterocycles. The zero-order valence-corrected chi connectivity index (χ0v) is 11.9. The number of benzene rings is 1. The molecule has 3 heteroatoms. The second-order valence-corrected chi connectivity index (χ2v) is 6.22.